The molecule has 0 N–H and O–H groups in total. The van der Waals surface area contributed by atoms with E-state index in [1.165, 1.54) is 23.3 Å². The van der Waals surface area contributed by atoms with E-state index in [4.69, 9.17) is 0 Å². The van der Waals surface area contributed by atoms with E-state index in [2.05, 4.69) is 25.0 Å². The van der Waals surface area contributed by atoms with Crippen LogP contribution >= 0.6 is 0 Å². The Kier molecular flexibility index (Phi) is 4.86. The molecule has 2 aliphatic heterocycles. The highest BCUT2D eigenvalue weighted by molar-refractivity contribution is 5.74. The van der Waals surface area contributed by atoms with E-state index in [1.807, 2.05) is 9.80 Å². The van der Waals surface area contributed by atoms with E-state index in [1.54, 1.807) is 6.20 Å². The van der Waals surface area contributed by atoms with E-state index < -0.39 is 25.0 Å². The van der Waals surface area contributed by atoms with Crippen LogP contribution in [0.25, 0.3) is 11.0 Å². The third-order valence-electron chi connectivity index (χ3n) is 6.09. The lowest BCUT2D eigenvalue weighted by molar-refractivity contribution is -0.144. The Balaban J connectivity index is 1.30. The molecule has 2 aliphatic rings. The smallest absolute Gasteiger partial charge is 0.368 e. The van der Waals surface area contributed by atoms with Crippen LogP contribution in [0.2, 0.25) is 0 Å². The van der Waals surface area contributed by atoms with Crippen LogP contribution in [0.15, 0.2) is 24.8 Å². The van der Waals surface area contributed by atoms with Gasteiger partial charge in [-0.1, -0.05) is 0 Å². The summed E-state index contributed by atoms with van der Waals surface area (Å²) >= 11 is 0. The van der Waals surface area contributed by atoms with Crippen molar-refractivity contribution in [3.63, 3.8) is 0 Å². The molecule has 0 radical (unpaired) electrons. The van der Waals surface area contributed by atoms with Gasteiger partial charge in [0.15, 0.2) is 5.65 Å². The molecule has 1 spiro atoms. The average Bonchev–Trinajstić information content (AvgIpc) is 3.47. The van der Waals surface area contributed by atoms with Crippen molar-refractivity contribution in [3.8, 4) is 0 Å². The molecule has 1 atom stereocenters. The number of anilines is 2. The molecule has 3 aromatic heterocycles. The molecule has 0 amide bonds. The quantitative estimate of drug-likeness (QED) is 0.561. The Morgan fingerprint density at radius 1 is 0.938 bits per heavy atom. The summed E-state index contributed by atoms with van der Waals surface area (Å²) in [6, 6.07) is 0. The molecule has 2 saturated heterocycles. The summed E-state index contributed by atoms with van der Waals surface area (Å²) in [5, 5.41) is 4.56. The van der Waals surface area contributed by atoms with Crippen LogP contribution in [-0.2, 0) is 12.7 Å². The summed E-state index contributed by atoms with van der Waals surface area (Å²) in [6.45, 7) is 2.17. The van der Waals surface area contributed by atoms with Crippen molar-refractivity contribution in [2.75, 3.05) is 36.0 Å². The molecular weight excluding hydrogens is 435 g/mol. The number of nitrogens with zero attached hydrogens (tertiary/aromatic N) is 8. The lowest BCUT2D eigenvalue weighted by atomic mass is 9.86. The molecule has 3 aromatic rings. The Morgan fingerprint density at radius 3 is 2.31 bits per heavy atom. The second-order valence-corrected chi connectivity index (χ2v) is 8.27. The van der Waals surface area contributed by atoms with Gasteiger partial charge in [-0.05, 0) is 12.8 Å². The Bertz CT molecular complexity index is 1120. The number of alkyl halides is 5. The molecular formula is C19H19F5N8. The van der Waals surface area contributed by atoms with Crippen molar-refractivity contribution < 1.29 is 22.0 Å². The molecule has 32 heavy (non-hydrogen) atoms. The predicted molar refractivity (Wildman–Crippen MR) is 104 cm³/mol. The molecule has 0 saturated carbocycles. The number of rotatable bonds is 4. The van der Waals surface area contributed by atoms with Gasteiger partial charge in [0.1, 0.15) is 6.54 Å². The van der Waals surface area contributed by atoms with Gasteiger partial charge in [0.05, 0.1) is 29.7 Å². The maximum Gasteiger partial charge on any atom is 0.451 e. The maximum atomic E-state index is 12.8. The minimum absolute atomic E-state index is 0.0652. The van der Waals surface area contributed by atoms with Gasteiger partial charge in [0.2, 0.25) is 11.8 Å². The zero-order valence-electron chi connectivity index (χ0n) is 16.8. The van der Waals surface area contributed by atoms with Crippen molar-refractivity contribution in [2.24, 2.45) is 5.41 Å². The molecule has 13 heteroatoms. The van der Waals surface area contributed by atoms with Crippen LogP contribution in [0.1, 0.15) is 18.7 Å². The van der Waals surface area contributed by atoms with E-state index in [-0.39, 0.29) is 5.41 Å². The average molecular weight is 454 g/mol. The second-order valence-electron chi connectivity index (χ2n) is 8.27. The topological polar surface area (TPSA) is 75.9 Å². The summed E-state index contributed by atoms with van der Waals surface area (Å²) < 4.78 is 64.9. The monoisotopic (exact) mass is 454 g/mol. The van der Waals surface area contributed by atoms with E-state index >= 15 is 0 Å². The van der Waals surface area contributed by atoms with Gasteiger partial charge < -0.3 is 9.80 Å². The third kappa shape index (κ3) is 3.79. The summed E-state index contributed by atoms with van der Waals surface area (Å²) in [6.07, 6.45) is 0.0871. The van der Waals surface area contributed by atoms with Crippen molar-refractivity contribution >= 4 is 22.7 Å². The lowest BCUT2D eigenvalue weighted by Gasteiger charge is -2.25. The minimum Gasteiger partial charge on any atom is -0.368 e. The molecule has 0 bridgehead atoms. The fraction of sp³-hybridized carbons (Fsp3) is 0.526. The van der Waals surface area contributed by atoms with Gasteiger partial charge in [-0.15, -0.1) is 0 Å². The predicted octanol–water partition coefficient (Wildman–Crippen LogP) is 3.01. The van der Waals surface area contributed by atoms with Crippen LogP contribution in [0, 0.1) is 5.41 Å². The van der Waals surface area contributed by atoms with Crippen molar-refractivity contribution in [1.82, 2.24) is 29.7 Å². The molecule has 5 rings (SSSR count). The molecule has 0 aliphatic carbocycles. The van der Waals surface area contributed by atoms with E-state index in [9.17, 15) is 22.0 Å². The molecule has 170 valence electrons. The molecule has 5 heterocycles. The summed E-state index contributed by atoms with van der Waals surface area (Å²) in [5.41, 5.74) is 0.859. The van der Waals surface area contributed by atoms with Gasteiger partial charge in [-0.25, -0.2) is 28.4 Å². The number of aromatic nitrogens is 6. The van der Waals surface area contributed by atoms with Crippen molar-refractivity contribution in [3.05, 3.63) is 30.6 Å². The van der Waals surface area contributed by atoms with Gasteiger partial charge in [-0.3, -0.25) is 0 Å². The summed E-state index contributed by atoms with van der Waals surface area (Å²) in [5.74, 6) is -0.692. The zero-order chi connectivity index (χ0) is 22.5. The van der Waals surface area contributed by atoms with Crippen LogP contribution in [0.3, 0.4) is 0 Å². The van der Waals surface area contributed by atoms with Crippen LogP contribution in [0.5, 0.6) is 0 Å². The number of halogens is 5. The normalized spacial score (nSPS) is 21.6. The first-order chi connectivity index (χ1) is 15.2. The van der Waals surface area contributed by atoms with Crippen molar-refractivity contribution in [1.29, 1.82) is 0 Å². The second kappa shape index (κ2) is 7.48. The fourth-order valence-electron chi connectivity index (χ4n) is 4.50. The van der Waals surface area contributed by atoms with Crippen LogP contribution < -0.4 is 9.80 Å². The number of fused-ring (bicyclic) bond motifs is 1. The SMILES string of the molecule is FC(F)Cn1ncc2cnc(N3CCC4(CCN(c5cnc(C(F)(F)F)nc5)C4)C3)nc21. The number of hydrogen-bond donors (Lipinski definition) is 0. The zero-order valence-corrected chi connectivity index (χ0v) is 16.8. The minimum atomic E-state index is -4.57. The van der Waals surface area contributed by atoms with Gasteiger partial charge in [0, 0.05) is 37.8 Å². The third-order valence-corrected chi connectivity index (χ3v) is 6.09. The largest absolute Gasteiger partial charge is 0.451 e. The van der Waals surface area contributed by atoms with Crippen molar-refractivity contribution in [2.45, 2.75) is 32.0 Å². The van der Waals surface area contributed by atoms with Gasteiger partial charge >= 0.3 is 6.18 Å². The molecule has 8 nitrogen and oxygen atoms in total. The molecule has 1 unspecified atom stereocenters. The first-order valence-corrected chi connectivity index (χ1v) is 10.1. The van der Waals surface area contributed by atoms with Gasteiger partial charge in [-0.2, -0.15) is 23.3 Å². The highest BCUT2D eigenvalue weighted by atomic mass is 19.4. The number of hydrogen-bond acceptors (Lipinski definition) is 7. The first-order valence-electron chi connectivity index (χ1n) is 10.1. The Morgan fingerprint density at radius 2 is 1.62 bits per heavy atom. The Labute approximate surface area is 179 Å². The fourth-order valence-corrected chi connectivity index (χ4v) is 4.50. The molecule has 2 fully saturated rings. The maximum absolute atomic E-state index is 12.8. The van der Waals surface area contributed by atoms with Crippen LogP contribution in [0.4, 0.5) is 33.6 Å². The van der Waals surface area contributed by atoms with E-state index in [0.717, 1.165) is 12.8 Å². The molecule has 0 aromatic carbocycles. The van der Waals surface area contributed by atoms with Gasteiger partial charge in [0.25, 0.3) is 6.43 Å². The van der Waals surface area contributed by atoms with E-state index in [0.29, 0.717) is 48.8 Å². The summed E-state index contributed by atoms with van der Waals surface area (Å²) in [4.78, 5) is 19.8. The standard InChI is InChI=1S/C19H19F5N8/c20-14(21)9-32-15-12(6-28-32)5-27-17(29-15)31-4-2-18(11-31)1-3-30(10-18)13-7-25-16(26-8-13)19(22,23)24/h5-8,14H,1-4,9-11H2. The Hall–Kier alpha value is -3.12. The van der Waals surface area contributed by atoms with Crippen LogP contribution in [-0.4, -0.2) is 62.3 Å². The lowest BCUT2D eigenvalue weighted by Crippen LogP contribution is -2.31. The first kappa shape index (κ1) is 20.8. The summed E-state index contributed by atoms with van der Waals surface area (Å²) in [7, 11) is 0. The highest BCUT2D eigenvalue weighted by Gasteiger charge is 2.44. The highest BCUT2D eigenvalue weighted by Crippen LogP contribution is 2.42.